The molecule has 0 fully saturated rings. The van der Waals surface area contributed by atoms with Gasteiger partial charge in [0.15, 0.2) is 0 Å². The molecule has 0 aromatic heterocycles. The maximum absolute atomic E-state index is 10.4. The minimum atomic E-state index is -3.50. The molecule has 0 saturated carbocycles. The van der Waals surface area contributed by atoms with Crippen LogP contribution >= 0.6 is 11.9 Å². The first kappa shape index (κ1) is 6.84. The fourth-order valence-electron chi connectivity index (χ4n) is 0.362. The molecule has 0 amide bonds. The average molecular weight is 167 g/mol. The number of nitrogens with zero attached hydrogens (tertiary/aromatic N) is 1. The fourth-order valence-corrected chi connectivity index (χ4v) is 1.66. The molecule has 0 aromatic rings. The van der Waals surface area contributed by atoms with Crippen molar-refractivity contribution in [2.45, 2.75) is 4.71 Å². The molecule has 0 bridgehead atoms. The standard InChI is InChI=1S/C2H5N3O2S2/c3-9(6,7)2-4-1-5-8-2/h1-2H,(H,4,5)(H2,3,6,7). The predicted octanol–water partition coefficient (Wildman–Crippen LogP) is -1.16. The van der Waals surface area contributed by atoms with Crippen LogP contribution in [-0.4, -0.2) is 19.5 Å². The van der Waals surface area contributed by atoms with Crippen molar-refractivity contribution in [1.82, 2.24) is 4.72 Å². The highest BCUT2D eigenvalue weighted by atomic mass is 32.3. The molecule has 1 atom stereocenters. The Hall–Kier alpha value is -0.270. The van der Waals surface area contributed by atoms with E-state index in [1.165, 1.54) is 6.34 Å². The normalized spacial score (nSPS) is 26.1. The summed E-state index contributed by atoms with van der Waals surface area (Å²) in [4.78, 5) is 3.52. The van der Waals surface area contributed by atoms with Crippen LogP contribution in [0, 0.1) is 0 Å². The molecule has 1 rings (SSSR count). The lowest BCUT2D eigenvalue weighted by Crippen LogP contribution is -2.22. The van der Waals surface area contributed by atoms with E-state index in [-0.39, 0.29) is 0 Å². The average Bonchev–Trinajstić information content (AvgIpc) is 2.08. The summed E-state index contributed by atoms with van der Waals surface area (Å²) < 4.78 is 22.6. The molecule has 0 radical (unpaired) electrons. The summed E-state index contributed by atoms with van der Waals surface area (Å²) in [6.07, 6.45) is 1.31. The first-order valence-corrected chi connectivity index (χ1v) is 4.54. The summed E-state index contributed by atoms with van der Waals surface area (Å²) in [6, 6.07) is 0. The first-order valence-electron chi connectivity index (χ1n) is 2.05. The topological polar surface area (TPSA) is 84.6 Å². The molecular weight excluding hydrogens is 162 g/mol. The lowest BCUT2D eigenvalue weighted by atomic mass is 11.3. The van der Waals surface area contributed by atoms with Gasteiger partial charge in [0.05, 0.1) is 6.34 Å². The van der Waals surface area contributed by atoms with E-state index >= 15 is 0 Å². The number of aliphatic imine (C=N–C) groups is 1. The molecule has 52 valence electrons. The largest absolute Gasteiger partial charge is 0.318 e. The SMILES string of the molecule is NS(=O)(=O)C1N=CNS1. The van der Waals surface area contributed by atoms with Crippen molar-refractivity contribution >= 4 is 28.3 Å². The third-order valence-electron chi connectivity index (χ3n) is 0.699. The molecule has 1 unspecified atom stereocenters. The van der Waals surface area contributed by atoms with Crippen LogP contribution in [0.2, 0.25) is 0 Å². The Balaban J connectivity index is 2.76. The highest BCUT2D eigenvalue weighted by Crippen LogP contribution is 2.15. The molecule has 0 aliphatic carbocycles. The highest BCUT2D eigenvalue weighted by Gasteiger charge is 2.22. The minimum Gasteiger partial charge on any atom is -0.318 e. The molecule has 0 spiro atoms. The predicted molar refractivity (Wildman–Crippen MR) is 36.1 cm³/mol. The highest BCUT2D eigenvalue weighted by molar-refractivity contribution is 8.12. The lowest BCUT2D eigenvalue weighted by Gasteiger charge is -1.98. The van der Waals surface area contributed by atoms with Gasteiger partial charge in [-0.2, -0.15) is 0 Å². The Morgan fingerprint density at radius 3 is 2.67 bits per heavy atom. The van der Waals surface area contributed by atoms with Crippen LogP contribution in [0.3, 0.4) is 0 Å². The van der Waals surface area contributed by atoms with E-state index in [2.05, 4.69) is 9.71 Å². The zero-order valence-corrected chi connectivity index (χ0v) is 5.95. The minimum absolute atomic E-state index is 0.863. The Labute approximate surface area is 56.9 Å². The summed E-state index contributed by atoms with van der Waals surface area (Å²) in [5.41, 5.74) is 0. The van der Waals surface area contributed by atoms with Crippen LogP contribution in [0.15, 0.2) is 4.99 Å². The van der Waals surface area contributed by atoms with E-state index in [1.807, 2.05) is 0 Å². The zero-order valence-electron chi connectivity index (χ0n) is 4.31. The number of hydrogen-bond acceptors (Lipinski definition) is 5. The van der Waals surface area contributed by atoms with E-state index in [4.69, 9.17) is 5.14 Å². The van der Waals surface area contributed by atoms with Gasteiger partial charge in [0.25, 0.3) is 0 Å². The smallest absolute Gasteiger partial charge is 0.243 e. The van der Waals surface area contributed by atoms with E-state index in [0.717, 1.165) is 11.9 Å². The molecule has 9 heavy (non-hydrogen) atoms. The van der Waals surface area contributed by atoms with Gasteiger partial charge in [-0.1, -0.05) is 0 Å². The maximum Gasteiger partial charge on any atom is 0.243 e. The Bertz CT molecular complexity index is 220. The molecule has 0 aromatic carbocycles. The Morgan fingerprint density at radius 2 is 2.44 bits per heavy atom. The monoisotopic (exact) mass is 167 g/mol. The fraction of sp³-hybridized carbons (Fsp3) is 0.500. The van der Waals surface area contributed by atoms with E-state index in [0.29, 0.717) is 0 Å². The second-order valence-corrected chi connectivity index (χ2v) is 4.25. The van der Waals surface area contributed by atoms with Crippen molar-refractivity contribution in [3.63, 3.8) is 0 Å². The zero-order chi connectivity index (χ0) is 6.91. The van der Waals surface area contributed by atoms with Crippen LogP contribution in [0.4, 0.5) is 0 Å². The maximum atomic E-state index is 10.4. The third kappa shape index (κ3) is 1.57. The van der Waals surface area contributed by atoms with Crippen LogP contribution in [-0.2, 0) is 10.0 Å². The van der Waals surface area contributed by atoms with Gasteiger partial charge in [-0.05, 0) is 11.9 Å². The van der Waals surface area contributed by atoms with Crippen molar-refractivity contribution in [1.29, 1.82) is 0 Å². The molecule has 0 saturated heterocycles. The molecule has 1 heterocycles. The summed E-state index contributed by atoms with van der Waals surface area (Å²) >= 11 is 0.964. The second kappa shape index (κ2) is 2.16. The van der Waals surface area contributed by atoms with Gasteiger partial charge in [-0.3, -0.25) is 0 Å². The van der Waals surface area contributed by atoms with Crippen molar-refractivity contribution in [2.24, 2.45) is 10.1 Å². The molecule has 7 heteroatoms. The van der Waals surface area contributed by atoms with Gasteiger partial charge in [0.1, 0.15) is 0 Å². The number of rotatable bonds is 1. The van der Waals surface area contributed by atoms with E-state index in [1.54, 1.807) is 0 Å². The van der Waals surface area contributed by atoms with Gasteiger partial charge in [-0.15, -0.1) is 0 Å². The third-order valence-corrected chi connectivity index (χ3v) is 3.04. The van der Waals surface area contributed by atoms with Crippen molar-refractivity contribution in [3.8, 4) is 0 Å². The van der Waals surface area contributed by atoms with Gasteiger partial charge < -0.3 is 4.72 Å². The number of sulfonamides is 1. The van der Waals surface area contributed by atoms with Crippen LogP contribution < -0.4 is 9.86 Å². The van der Waals surface area contributed by atoms with Crippen LogP contribution in [0.5, 0.6) is 0 Å². The van der Waals surface area contributed by atoms with E-state index < -0.39 is 14.7 Å². The Kier molecular flexibility index (Phi) is 1.64. The van der Waals surface area contributed by atoms with Gasteiger partial charge in [0.2, 0.25) is 14.7 Å². The Morgan fingerprint density at radius 1 is 1.78 bits per heavy atom. The number of nitrogens with two attached hydrogens (primary N) is 1. The summed E-state index contributed by atoms with van der Waals surface area (Å²) in [6.45, 7) is 0. The lowest BCUT2D eigenvalue weighted by molar-refractivity contribution is 0.596. The summed E-state index contributed by atoms with van der Waals surface area (Å²) in [5.74, 6) is 0. The second-order valence-electron chi connectivity index (χ2n) is 1.41. The molecular formula is C2H5N3O2S2. The van der Waals surface area contributed by atoms with Gasteiger partial charge in [-0.25, -0.2) is 18.5 Å². The van der Waals surface area contributed by atoms with Crippen LogP contribution in [0.25, 0.3) is 0 Å². The first-order chi connectivity index (χ1) is 4.11. The number of hydrogen-bond donors (Lipinski definition) is 2. The van der Waals surface area contributed by atoms with Gasteiger partial charge in [0, 0.05) is 0 Å². The van der Waals surface area contributed by atoms with Crippen molar-refractivity contribution < 1.29 is 8.42 Å². The number of primary sulfonamides is 1. The van der Waals surface area contributed by atoms with Gasteiger partial charge >= 0.3 is 0 Å². The summed E-state index contributed by atoms with van der Waals surface area (Å²) in [5, 5.41) is 4.74. The molecule has 5 nitrogen and oxygen atoms in total. The summed E-state index contributed by atoms with van der Waals surface area (Å²) in [7, 11) is -3.50. The molecule has 3 N–H and O–H groups in total. The molecule has 1 aliphatic rings. The number of nitrogens with one attached hydrogen (secondary N) is 1. The van der Waals surface area contributed by atoms with Crippen LogP contribution in [0.1, 0.15) is 0 Å². The van der Waals surface area contributed by atoms with E-state index in [9.17, 15) is 8.42 Å². The van der Waals surface area contributed by atoms with Crippen molar-refractivity contribution in [3.05, 3.63) is 0 Å². The molecule has 1 aliphatic heterocycles. The quantitative estimate of drug-likeness (QED) is 0.482. The van der Waals surface area contributed by atoms with Crippen molar-refractivity contribution in [2.75, 3.05) is 0 Å².